The molecule has 3 heterocycles. The van der Waals surface area contributed by atoms with Crippen molar-refractivity contribution in [1.82, 2.24) is 15.2 Å². The number of ketones is 1. The van der Waals surface area contributed by atoms with Crippen molar-refractivity contribution in [2.45, 2.75) is 104 Å². The molecule has 6 unspecified atom stereocenters. The van der Waals surface area contributed by atoms with Gasteiger partial charge in [-0.15, -0.1) is 0 Å². The first-order chi connectivity index (χ1) is 21.5. The minimum Gasteiger partial charge on any atom is -0.497 e. The zero-order valence-corrected chi connectivity index (χ0v) is 27.5. The summed E-state index contributed by atoms with van der Waals surface area (Å²) in [7, 11) is 1.43. The van der Waals surface area contributed by atoms with Crippen LogP contribution < -0.4 is 14.8 Å². The van der Waals surface area contributed by atoms with Gasteiger partial charge in [0.15, 0.2) is 5.78 Å². The van der Waals surface area contributed by atoms with E-state index in [4.69, 9.17) is 14.2 Å². The molecule has 9 nitrogen and oxygen atoms in total. The van der Waals surface area contributed by atoms with Crippen molar-refractivity contribution in [3.05, 3.63) is 29.6 Å². The highest BCUT2D eigenvalue weighted by atomic mass is 19.3. The Kier molecular flexibility index (Phi) is 9.22. The summed E-state index contributed by atoms with van der Waals surface area (Å²) >= 11 is 0. The predicted octanol–water partition coefficient (Wildman–Crippen LogP) is 6.40. The highest BCUT2D eigenvalue weighted by Crippen LogP contribution is 2.45. The van der Waals surface area contributed by atoms with Crippen LogP contribution in [0.4, 0.5) is 18.0 Å². The third-order valence-corrected chi connectivity index (χ3v) is 9.47. The fourth-order valence-electron chi connectivity index (χ4n) is 6.59. The highest BCUT2D eigenvalue weighted by molar-refractivity contribution is 5.94. The van der Waals surface area contributed by atoms with Crippen molar-refractivity contribution < 1.29 is 41.8 Å². The SMILES string of the molecule is COc1ccc2c(F)c3c(nc2c1)OC1CN(C(=O)C(C(C)(C)C)NC(=O)OC2CC2CCCCC3(F)F)C(C(=O)C(C)C)C1C. The summed E-state index contributed by atoms with van der Waals surface area (Å²) in [5, 5.41) is 2.64. The van der Waals surface area contributed by atoms with Crippen LogP contribution in [0.5, 0.6) is 11.6 Å². The van der Waals surface area contributed by atoms with E-state index in [0.717, 1.165) is 0 Å². The van der Waals surface area contributed by atoms with E-state index >= 15 is 13.2 Å². The molecule has 5 rings (SSSR count). The number of nitrogens with one attached hydrogen (secondary N) is 1. The molecule has 1 N–H and O–H groups in total. The average molecular weight is 648 g/mol. The number of halogens is 3. The summed E-state index contributed by atoms with van der Waals surface area (Å²) in [4.78, 5) is 46.6. The molecule has 46 heavy (non-hydrogen) atoms. The molecule has 1 aliphatic carbocycles. The quantitative estimate of drug-likeness (QED) is 0.411. The van der Waals surface area contributed by atoms with Crippen LogP contribution in [0, 0.1) is 29.0 Å². The van der Waals surface area contributed by atoms with E-state index in [1.54, 1.807) is 41.5 Å². The van der Waals surface area contributed by atoms with Crippen molar-refractivity contribution in [1.29, 1.82) is 0 Å². The van der Waals surface area contributed by atoms with Crippen LogP contribution >= 0.6 is 0 Å². The Morgan fingerprint density at radius 1 is 1.15 bits per heavy atom. The average Bonchev–Trinajstić information content (AvgIpc) is 3.63. The molecule has 1 aromatic heterocycles. The Morgan fingerprint density at radius 3 is 2.52 bits per heavy atom. The lowest BCUT2D eigenvalue weighted by Gasteiger charge is -2.35. The summed E-state index contributed by atoms with van der Waals surface area (Å²) in [6.07, 6.45) is -1.07. The molecular weight excluding hydrogens is 603 g/mol. The topological polar surface area (TPSA) is 107 Å². The molecule has 6 atom stereocenters. The van der Waals surface area contributed by atoms with Gasteiger partial charge >= 0.3 is 6.09 Å². The van der Waals surface area contributed by atoms with Crippen LogP contribution in [0.3, 0.4) is 0 Å². The maximum absolute atomic E-state index is 16.2. The number of aromatic nitrogens is 1. The Labute approximate surface area is 267 Å². The Bertz CT molecular complexity index is 1510. The van der Waals surface area contributed by atoms with Crippen LogP contribution in [-0.2, 0) is 20.2 Å². The number of amides is 2. The van der Waals surface area contributed by atoms with E-state index in [1.165, 1.54) is 30.2 Å². The lowest BCUT2D eigenvalue weighted by molar-refractivity contribution is -0.143. The normalized spacial score (nSPS) is 28.7. The molecule has 2 fully saturated rings. The number of alkyl carbamates (subject to hydrolysis) is 1. The molecule has 0 spiro atoms. The van der Waals surface area contributed by atoms with Gasteiger partial charge in [0.2, 0.25) is 11.8 Å². The van der Waals surface area contributed by atoms with Gasteiger partial charge in [0.1, 0.15) is 35.4 Å². The number of benzene rings is 1. The molecule has 2 aliphatic heterocycles. The monoisotopic (exact) mass is 647 g/mol. The zero-order valence-electron chi connectivity index (χ0n) is 27.5. The van der Waals surface area contributed by atoms with E-state index in [-0.39, 0.29) is 41.7 Å². The minimum atomic E-state index is -3.63. The van der Waals surface area contributed by atoms with Crippen LogP contribution in [0.25, 0.3) is 10.9 Å². The van der Waals surface area contributed by atoms with E-state index in [2.05, 4.69) is 10.3 Å². The van der Waals surface area contributed by atoms with E-state index < -0.39 is 77.0 Å². The van der Waals surface area contributed by atoms with E-state index in [0.29, 0.717) is 25.0 Å². The molecule has 1 saturated heterocycles. The maximum Gasteiger partial charge on any atom is 0.408 e. The summed E-state index contributed by atoms with van der Waals surface area (Å²) in [5.41, 5.74) is -1.65. The third kappa shape index (κ3) is 6.62. The van der Waals surface area contributed by atoms with Crippen molar-refractivity contribution in [2.24, 2.45) is 23.2 Å². The van der Waals surface area contributed by atoms with E-state index in [1.807, 2.05) is 0 Å². The second-order valence-corrected chi connectivity index (χ2v) is 14.3. The van der Waals surface area contributed by atoms with Gasteiger partial charge in [-0.3, -0.25) is 9.59 Å². The first-order valence-electron chi connectivity index (χ1n) is 16.1. The lowest BCUT2D eigenvalue weighted by atomic mass is 9.85. The van der Waals surface area contributed by atoms with Gasteiger partial charge in [0.25, 0.3) is 5.92 Å². The van der Waals surface area contributed by atoms with Crippen molar-refractivity contribution in [3.63, 3.8) is 0 Å². The van der Waals surface area contributed by atoms with Gasteiger partial charge < -0.3 is 24.4 Å². The lowest BCUT2D eigenvalue weighted by Crippen LogP contribution is -2.57. The zero-order chi connectivity index (χ0) is 33.7. The number of alkyl halides is 2. The Morgan fingerprint density at radius 2 is 1.87 bits per heavy atom. The number of carbonyl (C=O) groups is 3. The summed E-state index contributed by atoms with van der Waals surface area (Å²) < 4.78 is 65.3. The molecule has 2 amide bonds. The second kappa shape index (κ2) is 12.6. The van der Waals surface area contributed by atoms with Crippen molar-refractivity contribution >= 4 is 28.7 Å². The number of carbonyl (C=O) groups excluding carboxylic acids is 3. The first kappa shape index (κ1) is 33.8. The molecule has 1 aromatic carbocycles. The van der Waals surface area contributed by atoms with Gasteiger partial charge in [0, 0.05) is 29.7 Å². The fourth-order valence-corrected chi connectivity index (χ4v) is 6.59. The summed E-state index contributed by atoms with van der Waals surface area (Å²) in [6.45, 7) is 10.3. The molecule has 2 aromatic rings. The maximum atomic E-state index is 16.2. The predicted molar refractivity (Wildman–Crippen MR) is 164 cm³/mol. The highest BCUT2D eigenvalue weighted by Gasteiger charge is 2.51. The van der Waals surface area contributed by atoms with Crippen molar-refractivity contribution in [3.8, 4) is 11.6 Å². The number of Topliss-reactive ketones (excluding diaryl/α,β-unsaturated/α-hetero) is 1. The number of nitrogens with zero attached hydrogens (tertiary/aromatic N) is 2. The second-order valence-electron chi connectivity index (χ2n) is 14.3. The van der Waals surface area contributed by atoms with Gasteiger partial charge in [-0.2, -0.15) is 0 Å². The van der Waals surface area contributed by atoms with Gasteiger partial charge in [-0.05, 0) is 42.7 Å². The number of ether oxygens (including phenoxy) is 3. The fraction of sp³-hybridized carbons (Fsp3) is 0.647. The molecule has 3 aliphatic rings. The largest absolute Gasteiger partial charge is 0.497 e. The summed E-state index contributed by atoms with van der Waals surface area (Å²) in [6, 6.07) is 2.22. The first-order valence-corrected chi connectivity index (χ1v) is 16.1. The molecule has 2 bridgehead atoms. The van der Waals surface area contributed by atoms with Crippen LogP contribution in [0.2, 0.25) is 0 Å². The number of fused-ring (bicyclic) bond motifs is 5. The van der Waals surface area contributed by atoms with Gasteiger partial charge in [0.05, 0.1) is 25.2 Å². The van der Waals surface area contributed by atoms with Gasteiger partial charge in [-0.25, -0.2) is 22.9 Å². The van der Waals surface area contributed by atoms with Crippen molar-refractivity contribution in [2.75, 3.05) is 13.7 Å². The van der Waals surface area contributed by atoms with Crippen LogP contribution in [0.1, 0.15) is 79.2 Å². The van der Waals surface area contributed by atoms with Crippen LogP contribution in [0.15, 0.2) is 18.2 Å². The molecule has 1 saturated carbocycles. The molecule has 252 valence electrons. The number of methoxy groups -OCH3 is 1. The number of hydrogen-bond acceptors (Lipinski definition) is 7. The molecule has 0 radical (unpaired) electrons. The minimum absolute atomic E-state index is 0.0169. The van der Waals surface area contributed by atoms with E-state index in [9.17, 15) is 14.4 Å². The number of pyridine rings is 1. The summed E-state index contributed by atoms with van der Waals surface area (Å²) in [5.74, 6) is -6.89. The molecular formula is C34H44F3N3O6. The molecule has 12 heteroatoms. The van der Waals surface area contributed by atoms with Gasteiger partial charge in [-0.1, -0.05) is 48.0 Å². The number of rotatable bonds is 3. The Balaban J connectivity index is 1.62. The Hall–Kier alpha value is -3.57. The smallest absolute Gasteiger partial charge is 0.408 e. The third-order valence-electron chi connectivity index (χ3n) is 9.47. The number of hydrogen-bond donors (Lipinski definition) is 1. The standard InChI is InChI=1S/C34H44F3N3O6/c1-17(2)28(41)27-18(3)24-16-40(27)31(42)29(33(4,5)6)39-32(43)46-23-14-19(23)10-8-9-13-34(36,37)25-26(35)21-12-11-20(44-7)15-22(21)38-30(25)45-24/h11-12,15,17-19,23-24,27,29H,8-10,13-14,16H2,1-7H3,(H,39,43). The van der Waals surface area contributed by atoms with Crippen LogP contribution in [-0.4, -0.2) is 65.6 Å².